The summed E-state index contributed by atoms with van der Waals surface area (Å²) in [6.07, 6.45) is 0. The molecule has 7 nitrogen and oxygen atoms in total. The van der Waals surface area contributed by atoms with E-state index in [1.165, 1.54) is 23.1 Å². The van der Waals surface area contributed by atoms with Crippen LogP contribution in [-0.4, -0.2) is 27.4 Å². The number of benzene rings is 1. The third kappa shape index (κ3) is 3.31. The summed E-state index contributed by atoms with van der Waals surface area (Å²) in [5, 5.41) is 12.1. The minimum atomic E-state index is 0.449. The SMILES string of the molecule is COc1ccc(-c2nc(CSc3nnc(N)s3)no2)cc1. The number of ether oxygens (including phenoxy) is 1. The highest BCUT2D eigenvalue weighted by atomic mass is 32.2. The first-order chi connectivity index (χ1) is 10.2. The maximum absolute atomic E-state index is 5.52. The van der Waals surface area contributed by atoms with Gasteiger partial charge in [0.2, 0.25) is 5.13 Å². The number of hydrogen-bond donors (Lipinski definition) is 1. The zero-order chi connectivity index (χ0) is 14.7. The van der Waals surface area contributed by atoms with E-state index in [1.807, 2.05) is 24.3 Å². The molecular formula is C12H11N5O2S2. The Labute approximate surface area is 128 Å². The third-order valence-electron chi connectivity index (χ3n) is 2.55. The van der Waals surface area contributed by atoms with Gasteiger partial charge in [0, 0.05) is 5.56 Å². The van der Waals surface area contributed by atoms with Gasteiger partial charge >= 0.3 is 0 Å². The molecule has 0 atom stereocenters. The molecule has 2 aromatic heterocycles. The van der Waals surface area contributed by atoms with Crippen LogP contribution >= 0.6 is 23.1 Å². The second kappa shape index (κ2) is 6.10. The van der Waals surface area contributed by atoms with Crippen LogP contribution in [0.1, 0.15) is 5.82 Å². The molecule has 0 saturated carbocycles. The highest BCUT2D eigenvalue weighted by Gasteiger charge is 2.10. The summed E-state index contributed by atoms with van der Waals surface area (Å²) in [7, 11) is 1.62. The topological polar surface area (TPSA) is 100.0 Å². The number of rotatable bonds is 5. The lowest BCUT2D eigenvalue weighted by atomic mass is 10.2. The number of nitrogens with two attached hydrogens (primary N) is 1. The molecule has 3 rings (SSSR count). The minimum absolute atomic E-state index is 0.449. The standard InChI is InChI=1S/C12H11N5O2S2/c1-18-8-4-2-7(3-5-8)10-14-9(17-19-10)6-20-12-16-15-11(13)21-12/h2-5H,6H2,1H3,(H2,13,15). The number of methoxy groups -OCH3 is 1. The van der Waals surface area contributed by atoms with Crippen molar-refractivity contribution in [1.29, 1.82) is 0 Å². The number of anilines is 1. The molecule has 2 heterocycles. The van der Waals surface area contributed by atoms with Crippen molar-refractivity contribution in [2.45, 2.75) is 10.1 Å². The number of hydrogen-bond acceptors (Lipinski definition) is 9. The Bertz CT molecular complexity index is 725. The summed E-state index contributed by atoms with van der Waals surface area (Å²) in [6.45, 7) is 0. The average molecular weight is 321 g/mol. The lowest BCUT2D eigenvalue weighted by molar-refractivity contribution is 0.414. The maximum Gasteiger partial charge on any atom is 0.257 e. The summed E-state index contributed by atoms with van der Waals surface area (Å²) in [5.74, 6) is 2.40. The van der Waals surface area contributed by atoms with Crippen molar-refractivity contribution in [2.75, 3.05) is 12.8 Å². The van der Waals surface area contributed by atoms with Gasteiger partial charge in [-0.1, -0.05) is 28.3 Å². The van der Waals surface area contributed by atoms with Crippen LogP contribution in [0.15, 0.2) is 33.1 Å². The normalized spacial score (nSPS) is 10.7. The molecule has 0 fully saturated rings. The van der Waals surface area contributed by atoms with E-state index in [1.54, 1.807) is 7.11 Å². The smallest absolute Gasteiger partial charge is 0.257 e. The first-order valence-corrected chi connectivity index (χ1v) is 7.73. The van der Waals surface area contributed by atoms with Crippen molar-refractivity contribution in [3.63, 3.8) is 0 Å². The van der Waals surface area contributed by atoms with Gasteiger partial charge in [0.1, 0.15) is 5.75 Å². The van der Waals surface area contributed by atoms with E-state index in [0.29, 0.717) is 22.6 Å². The van der Waals surface area contributed by atoms with Crippen LogP contribution in [0.25, 0.3) is 11.5 Å². The zero-order valence-corrected chi connectivity index (χ0v) is 12.6. The summed E-state index contributed by atoms with van der Waals surface area (Å²) >= 11 is 2.80. The molecular weight excluding hydrogens is 310 g/mol. The van der Waals surface area contributed by atoms with E-state index in [2.05, 4.69) is 20.3 Å². The van der Waals surface area contributed by atoms with Crippen LogP contribution in [0, 0.1) is 0 Å². The fraction of sp³-hybridized carbons (Fsp3) is 0.167. The van der Waals surface area contributed by atoms with Crippen LogP contribution < -0.4 is 10.5 Å². The predicted molar refractivity (Wildman–Crippen MR) is 80.2 cm³/mol. The third-order valence-corrected chi connectivity index (χ3v) is 4.43. The van der Waals surface area contributed by atoms with E-state index in [4.69, 9.17) is 15.0 Å². The number of aromatic nitrogens is 4. The monoisotopic (exact) mass is 321 g/mol. The van der Waals surface area contributed by atoms with E-state index < -0.39 is 0 Å². The molecule has 0 unspecified atom stereocenters. The first-order valence-electron chi connectivity index (χ1n) is 5.93. The Morgan fingerprint density at radius 2 is 2.10 bits per heavy atom. The van der Waals surface area contributed by atoms with Gasteiger partial charge in [-0.05, 0) is 24.3 Å². The Hall–Kier alpha value is -2.13. The predicted octanol–water partition coefficient (Wildman–Crippen LogP) is 2.47. The second-order valence-electron chi connectivity index (χ2n) is 3.94. The Kier molecular flexibility index (Phi) is 4.02. The van der Waals surface area contributed by atoms with Crippen molar-refractivity contribution in [1.82, 2.24) is 20.3 Å². The molecule has 0 aliphatic heterocycles. The van der Waals surface area contributed by atoms with E-state index in [0.717, 1.165) is 15.7 Å². The molecule has 2 N–H and O–H groups in total. The second-order valence-corrected chi connectivity index (χ2v) is 6.17. The fourth-order valence-electron chi connectivity index (χ4n) is 1.57. The van der Waals surface area contributed by atoms with Crippen molar-refractivity contribution in [3.05, 3.63) is 30.1 Å². The summed E-state index contributed by atoms with van der Waals surface area (Å²) < 4.78 is 11.1. The highest BCUT2D eigenvalue weighted by molar-refractivity contribution is 8.00. The molecule has 1 aromatic carbocycles. The van der Waals surface area contributed by atoms with Gasteiger partial charge in [-0.3, -0.25) is 0 Å². The zero-order valence-electron chi connectivity index (χ0n) is 11.0. The molecule has 0 bridgehead atoms. The molecule has 0 spiro atoms. The van der Waals surface area contributed by atoms with Gasteiger partial charge in [-0.25, -0.2) is 0 Å². The Morgan fingerprint density at radius 1 is 1.29 bits per heavy atom. The van der Waals surface area contributed by atoms with E-state index in [9.17, 15) is 0 Å². The molecule has 21 heavy (non-hydrogen) atoms. The molecule has 9 heteroatoms. The van der Waals surface area contributed by atoms with Crippen LogP contribution in [0.2, 0.25) is 0 Å². The molecule has 0 aliphatic rings. The summed E-state index contributed by atoms with van der Waals surface area (Å²) in [6, 6.07) is 7.43. The van der Waals surface area contributed by atoms with Crippen molar-refractivity contribution < 1.29 is 9.26 Å². The lowest BCUT2D eigenvalue weighted by Crippen LogP contribution is -1.85. The van der Waals surface area contributed by atoms with Crippen molar-refractivity contribution >= 4 is 28.2 Å². The van der Waals surface area contributed by atoms with Crippen LogP contribution in [-0.2, 0) is 5.75 Å². The summed E-state index contributed by atoms with van der Waals surface area (Å²) in [4.78, 5) is 4.34. The van der Waals surface area contributed by atoms with Crippen LogP contribution in [0.4, 0.5) is 5.13 Å². The molecule has 3 aromatic rings. The van der Waals surface area contributed by atoms with Gasteiger partial charge in [-0.2, -0.15) is 4.98 Å². The van der Waals surface area contributed by atoms with Crippen LogP contribution in [0.3, 0.4) is 0 Å². The largest absolute Gasteiger partial charge is 0.497 e. The summed E-state index contributed by atoms with van der Waals surface area (Å²) in [5.41, 5.74) is 6.37. The van der Waals surface area contributed by atoms with Crippen molar-refractivity contribution in [2.24, 2.45) is 0 Å². The van der Waals surface area contributed by atoms with Gasteiger partial charge in [0.15, 0.2) is 10.2 Å². The van der Waals surface area contributed by atoms with E-state index in [-0.39, 0.29) is 0 Å². The molecule has 108 valence electrons. The molecule has 0 amide bonds. The van der Waals surface area contributed by atoms with E-state index >= 15 is 0 Å². The maximum atomic E-state index is 5.52. The average Bonchev–Trinajstić information content (AvgIpc) is 3.14. The van der Waals surface area contributed by atoms with Gasteiger partial charge in [0.05, 0.1) is 12.9 Å². The van der Waals surface area contributed by atoms with Gasteiger partial charge in [-0.15, -0.1) is 10.2 Å². The fourth-order valence-corrected chi connectivity index (χ4v) is 3.05. The molecule has 0 aliphatic carbocycles. The number of nitrogen functional groups attached to an aromatic ring is 1. The minimum Gasteiger partial charge on any atom is -0.497 e. The van der Waals surface area contributed by atoms with Gasteiger partial charge < -0.3 is 15.0 Å². The highest BCUT2D eigenvalue weighted by Crippen LogP contribution is 2.27. The first kappa shape index (κ1) is 13.8. The quantitative estimate of drug-likeness (QED) is 0.715. The van der Waals surface area contributed by atoms with Crippen molar-refractivity contribution in [3.8, 4) is 17.2 Å². The number of nitrogens with zero attached hydrogens (tertiary/aromatic N) is 4. The molecule has 0 saturated heterocycles. The number of thioether (sulfide) groups is 1. The lowest BCUT2D eigenvalue weighted by Gasteiger charge is -1.98. The molecule has 0 radical (unpaired) electrons. The van der Waals surface area contributed by atoms with Crippen LogP contribution in [0.5, 0.6) is 5.75 Å². The Morgan fingerprint density at radius 3 is 2.76 bits per heavy atom. The van der Waals surface area contributed by atoms with Gasteiger partial charge in [0.25, 0.3) is 5.89 Å². The Balaban J connectivity index is 1.67.